The Bertz CT molecular complexity index is 978. The van der Waals surface area contributed by atoms with E-state index < -0.39 is 5.43 Å². The molecule has 1 aromatic heterocycles. The Balaban J connectivity index is 2.20. The summed E-state index contributed by atoms with van der Waals surface area (Å²) in [7, 11) is 0. The van der Waals surface area contributed by atoms with Crippen molar-refractivity contribution >= 4 is 21.9 Å². The molecule has 3 rings (SSSR count). The van der Waals surface area contributed by atoms with Crippen LogP contribution in [0.3, 0.4) is 0 Å². The van der Waals surface area contributed by atoms with Crippen molar-refractivity contribution in [2.45, 2.75) is 13.8 Å². The maximum absolute atomic E-state index is 12.5. The van der Waals surface area contributed by atoms with Crippen LogP contribution in [-0.4, -0.2) is 16.8 Å². The van der Waals surface area contributed by atoms with Gasteiger partial charge in [0.1, 0.15) is 29.1 Å². The van der Waals surface area contributed by atoms with Crippen LogP contribution in [0, 0.1) is 0 Å². The summed E-state index contributed by atoms with van der Waals surface area (Å²) in [6, 6.07) is 7.44. The number of hydrogen-bond acceptors (Lipinski definition) is 5. The summed E-state index contributed by atoms with van der Waals surface area (Å²) in [6.45, 7) is 4.25. The van der Waals surface area contributed by atoms with Crippen molar-refractivity contribution < 1.29 is 19.4 Å². The molecule has 5 nitrogen and oxygen atoms in total. The van der Waals surface area contributed by atoms with Crippen LogP contribution in [0.4, 0.5) is 0 Å². The number of rotatable bonds is 3. The van der Waals surface area contributed by atoms with Gasteiger partial charge in [0.2, 0.25) is 5.43 Å². The molecule has 0 aliphatic carbocycles. The minimum absolute atomic E-state index is 0.0673. The molecule has 2 aromatic carbocycles. The number of aromatic hydroxyl groups is 2. The molecule has 23 heavy (non-hydrogen) atoms. The van der Waals surface area contributed by atoms with E-state index in [2.05, 4.69) is 0 Å². The molecule has 0 radical (unpaired) electrons. The van der Waals surface area contributed by atoms with Gasteiger partial charge in [0.05, 0.1) is 5.39 Å². The molecule has 118 valence electrons. The third kappa shape index (κ3) is 2.73. The Morgan fingerprint density at radius 2 is 2.00 bits per heavy atom. The molecule has 0 aliphatic heterocycles. The zero-order valence-corrected chi connectivity index (χ0v) is 12.8. The highest BCUT2D eigenvalue weighted by atomic mass is 16.5. The number of phenolic OH excluding ortho intramolecular Hbond substituents is 2. The minimum Gasteiger partial charge on any atom is -0.507 e. The Morgan fingerprint density at radius 1 is 1.22 bits per heavy atom. The van der Waals surface area contributed by atoms with Crippen LogP contribution in [0.1, 0.15) is 13.8 Å². The first-order valence-electron chi connectivity index (χ1n) is 7.15. The SMILES string of the molecule is CC(C)=CCOc1cc(O)c2c(=O)c3cccc(O)c3oc2c1. The van der Waals surface area contributed by atoms with E-state index in [9.17, 15) is 15.0 Å². The summed E-state index contributed by atoms with van der Waals surface area (Å²) >= 11 is 0. The number of ether oxygens (including phenoxy) is 1. The monoisotopic (exact) mass is 312 g/mol. The largest absolute Gasteiger partial charge is 0.507 e. The molecule has 5 heteroatoms. The van der Waals surface area contributed by atoms with E-state index >= 15 is 0 Å². The first kappa shape index (κ1) is 15.0. The number of para-hydroxylation sites is 1. The van der Waals surface area contributed by atoms with Crippen molar-refractivity contribution in [3.63, 3.8) is 0 Å². The summed E-state index contributed by atoms with van der Waals surface area (Å²) in [5.41, 5.74) is 0.963. The van der Waals surface area contributed by atoms with Crippen molar-refractivity contribution in [1.82, 2.24) is 0 Å². The Hall–Kier alpha value is -2.95. The lowest BCUT2D eigenvalue weighted by molar-refractivity contribution is 0.359. The first-order chi connectivity index (χ1) is 11.0. The van der Waals surface area contributed by atoms with Gasteiger partial charge in [-0.2, -0.15) is 0 Å². The first-order valence-corrected chi connectivity index (χ1v) is 7.15. The number of benzene rings is 2. The molecule has 0 atom stereocenters. The predicted molar refractivity (Wildman–Crippen MR) is 88.2 cm³/mol. The molecule has 0 saturated heterocycles. The van der Waals surface area contributed by atoms with Crippen LogP contribution >= 0.6 is 0 Å². The zero-order valence-electron chi connectivity index (χ0n) is 12.8. The molecular formula is C18H16O5. The van der Waals surface area contributed by atoms with Crippen molar-refractivity contribution in [2.24, 2.45) is 0 Å². The lowest BCUT2D eigenvalue weighted by atomic mass is 10.1. The number of hydrogen-bond donors (Lipinski definition) is 2. The van der Waals surface area contributed by atoms with E-state index in [-0.39, 0.29) is 33.4 Å². The number of fused-ring (bicyclic) bond motifs is 2. The Morgan fingerprint density at radius 3 is 2.74 bits per heavy atom. The van der Waals surface area contributed by atoms with E-state index in [4.69, 9.17) is 9.15 Å². The molecule has 0 spiro atoms. The van der Waals surface area contributed by atoms with Crippen molar-refractivity contribution in [2.75, 3.05) is 6.61 Å². The molecule has 2 N–H and O–H groups in total. The second-order valence-corrected chi connectivity index (χ2v) is 5.49. The molecule has 0 bridgehead atoms. The maximum Gasteiger partial charge on any atom is 0.204 e. The van der Waals surface area contributed by atoms with Crippen LogP contribution < -0.4 is 10.2 Å². The molecule has 3 aromatic rings. The van der Waals surface area contributed by atoms with Crippen LogP contribution in [0.5, 0.6) is 17.2 Å². The summed E-state index contributed by atoms with van der Waals surface area (Å²) in [5.74, 6) is 0.0379. The molecular weight excluding hydrogens is 296 g/mol. The topological polar surface area (TPSA) is 79.9 Å². The van der Waals surface area contributed by atoms with Crippen LogP contribution in [0.15, 0.2) is 51.2 Å². The lowest BCUT2D eigenvalue weighted by Gasteiger charge is -2.08. The van der Waals surface area contributed by atoms with Crippen LogP contribution in [0.2, 0.25) is 0 Å². The van der Waals surface area contributed by atoms with E-state index in [0.717, 1.165) is 5.57 Å². The number of phenols is 2. The van der Waals surface area contributed by atoms with E-state index in [0.29, 0.717) is 12.4 Å². The summed E-state index contributed by atoms with van der Waals surface area (Å²) < 4.78 is 11.1. The van der Waals surface area contributed by atoms with Crippen molar-refractivity contribution in [3.8, 4) is 17.2 Å². The van der Waals surface area contributed by atoms with Gasteiger partial charge in [0.15, 0.2) is 11.3 Å². The summed E-state index contributed by atoms with van der Waals surface area (Å²) in [6.07, 6.45) is 1.89. The fourth-order valence-electron chi connectivity index (χ4n) is 2.33. The highest BCUT2D eigenvalue weighted by Gasteiger charge is 2.15. The highest BCUT2D eigenvalue weighted by molar-refractivity contribution is 5.95. The van der Waals surface area contributed by atoms with Gasteiger partial charge in [0, 0.05) is 12.1 Å². The van der Waals surface area contributed by atoms with Gasteiger partial charge < -0.3 is 19.4 Å². The van der Waals surface area contributed by atoms with Gasteiger partial charge in [-0.15, -0.1) is 0 Å². The molecule has 1 heterocycles. The Labute approximate surface area is 132 Å². The molecule has 0 aliphatic rings. The van der Waals surface area contributed by atoms with Gasteiger partial charge in [0.25, 0.3) is 0 Å². The summed E-state index contributed by atoms with van der Waals surface area (Å²) in [5, 5.41) is 20.3. The van der Waals surface area contributed by atoms with Crippen LogP contribution in [-0.2, 0) is 0 Å². The Kier molecular flexibility index (Phi) is 3.70. The molecule has 0 amide bonds. The quantitative estimate of drug-likeness (QED) is 0.569. The number of allylic oxidation sites excluding steroid dienone is 1. The third-order valence-electron chi connectivity index (χ3n) is 3.47. The average molecular weight is 312 g/mol. The standard InChI is InChI=1S/C18H16O5/c1-10(2)6-7-22-11-8-14(20)16-15(9-11)23-18-12(17(16)21)4-3-5-13(18)19/h3-6,8-9,19-20H,7H2,1-2H3. The van der Waals surface area contributed by atoms with Crippen molar-refractivity contribution in [1.29, 1.82) is 0 Å². The van der Waals surface area contributed by atoms with Gasteiger partial charge in [-0.1, -0.05) is 11.6 Å². The lowest BCUT2D eigenvalue weighted by Crippen LogP contribution is -2.03. The normalized spacial score (nSPS) is 10.9. The molecule has 0 saturated carbocycles. The van der Waals surface area contributed by atoms with E-state index in [1.807, 2.05) is 19.9 Å². The second kappa shape index (κ2) is 5.68. The summed E-state index contributed by atoms with van der Waals surface area (Å²) in [4.78, 5) is 12.5. The predicted octanol–water partition coefficient (Wildman–Crippen LogP) is 3.70. The molecule has 0 fully saturated rings. The van der Waals surface area contributed by atoms with E-state index in [1.54, 1.807) is 12.1 Å². The maximum atomic E-state index is 12.5. The minimum atomic E-state index is -0.398. The molecule has 0 unspecified atom stereocenters. The van der Waals surface area contributed by atoms with Gasteiger partial charge in [-0.25, -0.2) is 0 Å². The smallest absolute Gasteiger partial charge is 0.204 e. The third-order valence-corrected chi connectivity index (χ3v) is 3.47. The van der Waals surface area contributed by atoms with Gasteiger partial charge in [-0.3, -0.25) is 4.79 Å². The highest BCUT2D eigenvalue weighted by Crippen LogP contribution is 2.32. The van der Waals surface area contributed by atoms with Gasteiger partial charge in [-0.05, 0) is 32.1 Å². The van der Waals surface area contributed by atoms with E-state index in [1.165, 1.54) is 18.2 Å². The van der Waals surface area contributed by atoms with Crippen LogP contribution in [0.25, 0.3) is 21.9 Å². The fraction of sp³-hybridized carbons (Fsp3) is 0.167. The average Bonchev–Trinajstić information content (AvgIpc) is 2.48. The zero-order chi connectivity index (χ0) is 16.6. The van der Waals surface area contributed by atoms with Gasteiger partial charge >= 0.3 is 0 Å². The fourth-order valence-corrected chi connectivity index (χ4v) is 2.33. The second-order valence-electron chi connectivity index (χ2n) is 5.49. The van der Waals surface area contributed by atoms with Crippen molar-refractivity contribution in [3.05, 3.63) is 52.2 Å².